The molecule has 0 aliphatic rings. The summed E-state index contributed by atoms with van der Waals surface area (Å²) in [5.41, 5.74) is 0. The Kier molecular flexibility index (Phi) is 2.90. The Morgan fingerprint density at radius 1 is 1.08 bits per heavy atom. The summed E-state index contributed by atoms with van der Waals surface area (Å²) >= 11 is 0. The van der Waals surface area contributed by atoms with E-state index in [0.717, 1.165) is 6.92 Å². The smallest absolute Gasteiger partial charge is 0.284 e. The van der Waals surface area contributed by atoms with Crippen LogP contribution in [0.3, 0.4) is 0 Å². The van der Waals surface area contributed by atoms with E-state index in [1.807, 2.05) is 0 Å². The van der Waals surface area contributed by atoms with E-state index in [0.29, 0.717) is 0 Å². The predicted molar refractivity (Wildman–Crippen MR) is 41.8 cm³/mol. The van der Waals surface area contributed by atoms with Crippen molar-refractivity contribution in [1.29, 1.82) is 0 Å². The van der Waals surface area contributed by atoms with Gasteiger partial charge in [-0.25, -0.2) is 0 Å². The molecule has 74 valence electrons. The maximum Gasteiger partial charge on any atom is 0.287 e. The van der Waals surface area contributed by atoms with Crippen molar-refractivity contribution in [2.45, 2.75) is 24.3 Å². The van der Waals surface area contributed by atoms with Gasteiger partial charge in [-0.1, -0.05) is 6.92 Å². The Labute approximate surface area is 71.1 Å². The third-order valence-electron chi connectivity index (χ3n) is 1.73. The van der Waals surface area contributed by atoms with Crippen molar-refractivity contribution in [3.63, 3.8) is 0 Å². The second-order valence-electron chi connectivity index (χ2n) is 2.44. The van der Waals surface area contributed by atoms with E-state index < -0.39 is 30.7 Å². The molecule has 0 spiro atoms. The molecule has 12 heavy (non-hydrogen) atoms. The summed E-state index contributed by atoms with van der Waals surface area (Å²) in [6.07, 6.45) is -0.426. The Morgan fingerprint density at radius 3 is 1.33 bits per heavy atom. The number of hydrogen-bond acceptors (Lipinski definition) is 4. The Morgan fingerprint density at radius 2 is 1.33 bits per heavy atom. The van der Waals surface area contributed by atoms with Crippen molar-refractivity contribution in [2.75, 3.05) is 0 Å². The minimum Gasteiger partial charge on any atom is -0.284 e. The highest BCUT2D eigenvalue weighted by atomic mass is 32.3. The topological polar surface area (TPSA) is 109 Å². The van der Waals surface area contributed by atoms with Crippen LogP contribution >= 0.6 is 0 Å². The van der Waals surface area contributed by atoms with Crippen LogP contribution in [-0.2, 0) is 20.2 Å². The fourth-order valence-corrected chi connectivity index (χ4v) is 2.29. The summed E-state index contributed by atoms with van der Waals surface area (Å²) in [4.78, 5) is 0. The summed E-state index contributed by atoms with van der Waals surface area (Å²) < 4.78 is 56.7. The first-order valence-electron chi connectivity index (χ1n) is 3.00. The molecule has 0 rings (SSSR count). The van der Waals surface area contributed by atoms with Crippen LogP contribution in [0.2, 0.25) is 0 Å². The van der Waals surface area contributed by atoms with E-state index in [2.05, 4.69) is 0 Å². The fraction of sp³-hybridized carbons (Fsp3) is 1.00. The van der Waals surface area contributed by atoms with Gasteiger partial charge in [0, 0.05) is 0 Å². The van der Waals surface area contributed by atoms with E-state index in [9.17, 15) is 16.8 Å². The molecule has 0 aromatic carbocycles. The van der Waals surface area contributed by atoms with Crippen molar-refractivity contribution in [2.24, 2.45) is 0 Å². The van der Waals surface area contributed by atoms with Crippen molar-refractivity contribution < 1.29 is 25.9 Å². The molecule has 6 nitrogen and oxygen atoms in total. The second kappa shape index (κ2) is 2.95. The lowest BCUT2D eigenvalue weighted by atomic mass is 10.4. The van der Waals surface area contributed by atoms with Crippen LogP contribution < -0.4 is 0 Å². The molecular formula is C4H10O6S2. The van der Waals surface area contributed by atoms with Crippen LogP contribution in [0.25, 0.3) is 0 Å². The molecule has 0 unspecified atom stereocenters. The van der Waals surface area contributed by atoms with Crippen molar-refractivity contribution >= 4 is 20.2 Å². The molecule has 0 bridgehead atoms. The molecule has 0 atom stereocenters. The molecule has 0 aromatic rings. The summed E-state index contributed by atoms with van der Waals surface area (Å²) in [5.74, 6) is 0. The molecule has 0 aliphatic carbocycles. The van der Waals surface area contributed by atoms with Crippen LogP contribution in [0.1, 0.15) is 20.3 Å². The lowest BCUT2D eigenvalue weighted by molar-refractivity contribution is 0.425. The first-order valence-corrected chi connectivity index (χ1v) is 5.88. The highest BCUT2D eigenvalue weighted by Gasteiger charge is 2.48. The van der Waals surface area contributed by atoms with E-state index >= 15 is 0 Å². The van der Waals surface area contributed by atoms with Gasteiger partial charge in [-0.05, 0) is 13.3 Å². The van der Waals surface area contributed by atoms with Crippen molar-refractivity contribution in [3.8, 4) is 0 Å². The zero-order chi connectivity index (χ0) is 10.2. The highest BCUT2D eigenvalue weighted by molar-refractivity contribution is 8.05. The van der Waals surface area contributed by atoms with Gasteiger partial charge in [0.25, 0.3) is 20.2 Å². The third kappa shape index (κ3) is 1.76. The lowest BCUT2D eigenvalue weighted by Gasteiger charge is -2.19. The van der Waals surface area contributed by atoms with Gasteiger partial charge in [0.1, 0.15) is 0 Å². The molecule has 8 heteroatoms. The molecule has 0 saturated carbocycles. The van der Waals surface area contributed by atoms with E-state index in [4.69, 9.17) is 9.11 Å². The molecule has 2 N–H and O–H groups in total. The Balaban J connectivity index is 5.58. The lowest BCUT2D eigenvalue weighted by Crippen LogP contribution is -2.42. The molecule has 0 amide bonds. The van der Waals surface area contributed by atoms with Crippen LogP contribution in [-0.4, -0.2) is 30.0 Å². The average molecular weight is 218 g/mol. The maximum absolute atomic E-state index is 10.5. The summed E-state index contributed by atoms with van der Waals surface area (Å²) in [6, 6.07) is 0. The van der Waals surface area contributed by atoms with Gasteiger partial charge in [-0.15, -0.1) is 0 Å². The zero-order valence-electron chi connectivity index (χ0n) is 6.55. The second-order valence-corrected chi connectivity index (χ2v) is 6.40. The third-order valence-corrected chi connectivity index (χ3v) is 5.76. The first kappa shape index (κ1) is 11.8. The van der Waals surface area contributed by atoms with Crippen molar-refractivity contribution in [3.05, 3.63) is 0 Å². The maximum atomic E-state index is 10.5. The summed E-state index contributed by atoms with van der Waals surface area (Å²) in [6.45, 7) is 1.96. The summed E-state index contributed by atoms with van der Waals surface area (Å²) in [7, 11) is -9.62. The predicted octanol–water partition coefficient (Wildman–Crippen LogP) is -0.112. The van der Waals surface area contributed by atoms with Gasteiger partial charge in [0.05, 0.1) is 0 Å². The summed E-state index contributed by atoms with van der Waals surface area (Å²) in [5, 5.41) is 0. The minimum absolute atomic E-state index is 0.426. The normalized spacial score (nSPS) is 14.7. The van der Waals surface area contributed by atoms with Crippen molar-refractivity contribution in [1.82, 2.24) is 0 Å². The minimum atomic E-state index is -4.81. The molecule has 0 saturated heterocycles. The molecular weight excluding hydrogens is 208 g/mol. The Hall–Kier alpha value is -0.180. The standard InChI is InChI=1S/C4H10O6S2/c1-3-4(2,11(5,6)7)12(8,9)10/h3H2,1-2H3,(H,5,6,7)(H,8,9,10). The molecule has 0 aliphatic heterocycles. The zero-order valence-corrected chi connectivity index (χ0v) is 8.18. The molecule has 0 aromatic heterocycles. The van der Waals surface area contributed by atoms with Gasteiger partial charge in [-0.3, -0.25) is 9.11 Å². The number of hydrogen-bond donors (Lipinski definition) is 2. The van der Waals surface area contributed by atoms with Crippen LogP contribution in [0.4, 0.5) is 0 Å². The SMILES string of the molecule is CCC(C)(S(=O)(=O)O)S(=O)(=O)O. The van der Waals surface area contributed by atoms with E-state index in [-0.39, 0.29) is 0 Å². The largest absolute Gasteiger partial charge is 0.287 e. The molecule has 0 radical (unpaired) electrons. The molecule has 0 heterocycles. The van der Waals surface area contributed by atoms with Gasteiger partial charge >= 0.3 is 0 Å². The van der Waals surface area contributed by atoms with E-state index in [1.165, 1.54) is 6.92 Å². The first-order chi connectivity index (χ1) is 5.06. The monoisotopic (exact) mass is 218 g/mol. The van der Waals surface area contributed by atoms with E-state index in [1.54, 1.807) is 0 Å². The Bertz CT molecular complexity index is 317. The van der Waals surface area contributed by atoms with Gasteiger partial charge in [0.15, 0.2) is 0 Å². The number of rotatable bonds is 3. The van der Waals surface area contributed by atoms with Crippen LogP contribution in [0, 0.1) is 0 Å². The van der Waals surface area contributed by atoms with Gasteiger partial charge in [0.2, 0.25) is 4.08 Å². The fourth-order valence-electron chi connectivity index (χ4n) is 0.498. The van der Waals surface area contributed by atoms with Crippen LogP contribution in [0.15, 0.2) is 0 Å². The van der Waals surface area contributed by atoms with Gasteiger partial charge in [-0.2, -0.15) is 16.8 Å². The average Bonchev–Trinajstić information content (AvgIpc) is 1.81. The highest BCUT2D eigenvalue weighted by Crippen LogP contribution is 2.25. The van der Waals surface area contributed by atoms with Crippen LogP contribution in [0.5, 0.6) is 0 Å². The van der Waals surface area contributed by atoms with Gasteiger partial charge < -0.3 is 0 Å². The quantitative estimate of drug-likeness (QED) is 0.639. The molecule has 0 fully saturated rings.